The first-order valence-corrected chi connectivity index (χ1v) is 11.9. The lowest BCUT2D eigenvalue weighted by atomic mass is 9.55. The van der Waals surface area contributed by atoms with Gasteiger partial charge in [0.15, 0.2) is 0 Å². The van der Waals surface area contributed by atoms with Gasteiger partial charge in [0.2, 0.25) is 0 Å². The van der Waals surface area contributed by atoms with Crippen LogP contribution in [-0.2, 0) is 9.59 Å². The third-order valence-electron chi connectivity index (χ3n) is 7.67. The Bertz CT molecular complexity index is 1530. The van der Waals surface area contributed by atoms with Gasteiger partial charge in [-0.25, -0.2) is 0 Å². The van der Waals surface area contributed by atoms with E-state index in [-0.39, 0.29) is 23.7 Å². The fourth-order valence-electron chi connectivity index (χ4n) is 6.25. The Hall–Kier alpha value is -4.76. The van der Waals surface area contributed by atoms with Gasteiger partial charge in [-0.2, -0.15) is 15.4 Å². The van der Waals surface area contributed by atoms with Crippen LogP contribution in [0.2, 0.25) is 0 Å². The first-order valence-electron chi connectivity index (χ1n) is 11.9. The first kappa shape index (κ1) is 20.6. The molecule has 4 aromatic rings. The quantitative estimate of drug-likeness (QED) is 0.311. The molecule has 2 heterocycles. The number of amides is 2. The molecule has 1 aromatic heterocycles. The molecule has 36 heavy (non-hydrogen) atoms. The van der Waals surface area contributed by atoms with Crippen molar-refractivity contribution in [3.8, 4) is 17.4 Å². The highest BCUT2D eigenvalue weighted by atomic mass is 16.3. The van der Waals surface area contributed by atoms with Gasteiger partial charge < -0.3 is 4.42 Å². The standard InChI is InChI=1S/C30H19N3O3/c31-15-17-7-1-2-8-19(17)24-14-13-18(36-24)16-32-33-29(34)27-25-20-9-3-4-10-21(20)26(28(27)30(33)35)23-12-6-5-11-22(23)25/h1-14,16,25-28H/b32-16-/t25?,26?,27-,28-/m1/s1. The predicted molar refractivity (Wildman–Crippen MR) is 132 cm³/mol. The largest absolute Gasteiger partial charge is 0.455 e. The molecule has 1 saturated heterocycles. The molecular weight excluding hydrogens is 450 g/mol. The van der Waals surface area contributed by atoms with E-state index in [0.29, 0.717) is 22.6 Å². The van der Waals surface area contributed by atoms with E-state index in [1.165, 1.54) is 6.21 Å². The molecule has 0 radical (unpaired) electrons. The lowest BCUT2D eigenvalue weighted by molar-refractivity contribution is -0.139. The molecule has 2 amide bonds. The summed E-state index contributed by atoms with van der Waals surface area (Å²) < 4.78 is 5.87. The molecule has 6 heteroatoms. The smallest absolute Gasteiger partial charge is 0.254 e. The van der Waals surface area contributed by atoms with Crippen molar-refractivity contribution in [2.24, 2.45) is 16.9 Å². The number of nitriles is 1. The van der Waals surface area contributed by atoms with Gasteiger partial charge in [0.25, 0.3) is 11.8 Å². The second-order valence-corrected chi connectivity index (χ2v) is 9.36. The second kappa shape index (κ2) is 7.62. The average molecular weight is 470 g/mol. The molecule has 0 saturated carbocycles. The number of nitrogens with zero attached hydrogens (tertiary/aromatic N) is 3. The molecule has 0 N–H and O–H groups in total. The fourth-order valence-corrected chi connectivity index (χ4v) is 6.25. The Kier molecular flexibility index (Phi) is 4.36. The molecular formula is C30H19N3O3. The molecule has 8 rings (SSSR count). The maximum atomic E-state index is 13.6. The van der Waals surface area contributed by atoms with E-state index in [2.05, 4.69) is 35.4 Å². The number of rotatable bonds is 3. The third-order valence-corrected chi connectivity index (χ3v) is 7.67. The van der Waals surface area contributed by atoms with Crippen molar-refractivity contribution in [3.63, 3.8) is 0 Å². The highest BCUT2D eigenvalue weighted by Crippen LogP contribution is 2.60. The summed E-state index contributed by atoms with van der Waals surface area (Å²) in [6.45, 7) is 0. The summed E-state index contributed by atoms with van der Waals surface area (Å²) in [6, 6.07) is 29.0. The number of hydrogen-bond donors (Lipinski definition) is 0. The Balaban J connectivity index is 1.24. The van der Waals surface area contributed by atoms with Crippen molar-refractivity contribution in [2.75, 3.05) is 0 Å². The molecule has 0 spiro atoms. The van der Waals surface area contributed by atoms with Crippen LogP contribution < -0.4 is 0 Å². The van der Waals surface area contributed by atoms with Crippen molar-refractivity contribution in [3.05, 3.63) is 119 Å². The van der Waals surface area contributed by atoms with E-state index in [1.54, 1.807) is 24.3 Å². The minimum Gasteiger partial charge on any atom is -0.455 e. The molecule has 2 bridgehead atoms. The Morgan fingerprint density at radius 3 is 1.83 bits per heavy atom. The highest BCUT2D eigenvalue weighted by molar-refractivity contribution is 6.08. The van der Waals surface area contributed by atoms with E-state index >= 15 is 0 Å². The van der Waals surface area contributed by atoms with Crippen LogP contribution in [0.3, 0.4) is 0 Å². The Morgan fingerprint density at radius 2 is 1.28 bits per heavy atom. The van der Waals surface area contributed by atoms with Crippen LogP contribution in [0.4, 0.5) is 0 Å². The van der Waals surface area contributed by atoms with Crippen molar-refractivity contribution in [1.82, 2.24) is 5.01 Å². The van der Waals surface area contributed by atoms with Crippen LogP contribution in [-0.4, -0.2) is 23.0 Å². The molecule has 172 valence electrons. The zero-order valence-electron chi connectivity index (χ0n) is 19.0. The van der Waals surface area contributed by atoms with Crippen molar-refractivity contribution in [2.45, 2.75) is 11.8 Å². The summed E-state index contributed by atoms with van der Waals surface area (Å²) in [6.07, 6.45) is 1.40. The van der Waals surface area contributed by atoms with Crippen LogP contribution >= 0.6 is 0 Å². The molecule has 0 unspecified atom stereocenters. The van der Waals surface area contributed by atoms with Crippen LogP contribution in [0, 0.1) is 23.2 Å². The monoisotopic (exact) mass is 469 g/mol. The summed E-state index contributed by atoms with van der Waals surface area (Å²) in [7, 11) is 0. The van der Waals surface area contributed by atoms with Crippen molar-refractivity contribution < 1.29 is 14.0 Å². The summed E-state index contributed by atoms with van der Waals surface area (Å²) in [5, 5.41) is 14.7. The van der Waals surface area contributed by atoms with E-state index < -0.39 is 11.8 Å². The molecule has 6 nitrogen and oxygen atoms in total. The summed E-state index contributed by atoms with van der Waals surface area (Å²) in [4.78, 5) is 27.2. The van der Waals surface area contributed by atoms with Crippen LogP contribution in [0.5, 0.6) is 0 Å². The number of imide groups is 1. The Labute approximate surface area is 207 Å². The highest BCUT2D eigenvalue weighted by Gasteiger charge is 2.61. The number of carbonyl (C=O) groups is 2. The predicted octanol–water partition coefficient (Wildman–Crippen LogP) is 5.04. The molecule has 2 atom stereocenters. The summed E-state index contributed by atoms with van der Waals surface area (Å²) >= 11 is 0. The number of furan rings is 1. The van der Waals surface area contributed by atoms with Gasteiger partial charge in [0, 0.05) is 17.4 Å². The van der Waals surface area contributed by atoms with Gasteiger partial charge >= 0.3 is 0 Å². The molecule has 3 aliphatic carbocycles. The molecule has 1 aliphatic heterocycles. The van der Waals surface area contributed by atoms with E-state index in [0.717, 1.165) is 27.3 Å². The minimum atomic E-state index is -0.473. The third kappa shape index (κ3) is 2.74. The molecule has 3 aromatic carbocycles. The zero-order chi connectivity index (χ0) is 24.4. The number of hydrogen-bond acceptors (Lipinski definition) is 5. The Morgan fingerprint density at radius 1 is 0.750 bits per heavy atom. The van der Waals surface area contributed by atoms with Crippen LogP contribution in [0.15, 0.2) is 94.4 Å². The van der Waals surface area contributed by atoms with Gasteiger partial charge in [-0.1, -0.05) is 60.7 Å². The first-order chi connectivity index (χ1) is 17.7. The van der Waals surface area contributed by atoms with Gasteiger partial charge in [-0.3, -0.25) is 9.59 Å². The van der Waals surface area contributed by atoms with Crippen LogP contribution in [0.25, 0.3) is 11.3 Å². The van der Waals surface area contributed by atoms with Crippen molar-refractivity contribution >= 4 is 18.0 Å². The SMILES string of the molecule is N#Cc1ccccc1-c1ccc(/C=N\N2C(=O)[C@@H]3C4c5ccccc5C(c5ccccc54)[C@H]3C2=O)o1. The summed E-state index contributed by atoms with van der Waals surface area (Å²) in [5.74, 6) is -0.918. The lowest BCUT2D eigenvalue weighted by Crippen LogP contribution is -2.41. The average Bonchev–Trinajstić information content (AvgIpc) is 3.50. The maximum Gasteiger partial charge on any atom is 0.254 e. The van der Waals surface area contributed by atoms with Crippen molar-refractivity contribution in [1.29, 1.82) is 5.26 Å². The number of benzene rings is 3. The second-order valence-electron chi connectivity index (χ2n) is 9.36. The summed E-state index contributed by atoms with van der Waals surface area (Å²) in [5.41, 5.74) is 5.68. The van der Waals surface area contributed by atoms with Gasteiger partial charge in [0.05, 0.1) is 29.7 Å². The molecule has 1 fully saturated rings. The normalized spacial score (nSPS) is 23.5. The minimum absolute atomic E-state index is 0.165. The lowest BCUT2D eigenvalue weighted by Gasteiger charge is -2.45. The van der Waals surface area contributed by atoms with E-state index in [9.17, 15) is 14.9 Å². The van der Waals surface area contributed by atoms with Crippen LogP contribution in [0.1, 0.15) is 45.4 Å². The van der Waals surface area contributed by atoms with Gasteiger partial charge in [0.1, 0.15) is 11.5 Å². The molecule has 4 aliphatic rings. The number of hydrazone groups is 1. The zero-order valence-corrected chi connectivity index (χ0v) is 19.0. The fraction of sp³-hybridized carbons (Fsp3) is 0.133. The topological polar surface area (TPSA) is 86.7 Å². The van der Waals surface area contributed by atoms with E-state index in [4.69, 9.17) is 4.42 Å². The van der Waals surface area contributed by atoms with Gasteiger partial charge in [-0.05, 0) is 46.5 Å². The number of carbonyl (C=O) groups excluding carboxylic acids is 2. The van der Waals surface area contributed by atoms with Gasteiger partial charge in [-0.15, -0.1) is 0 Å². The maximum absolute atomic E-state index is 13.6. The van der Waals surface area contributed by atoms with E-state index in [1.807, 2.05) is 36.4 Å².